The van der Waals surface area contributed by atoms with Crippen LogP contribution in [0.2, 0.25) is 0 Å². The van der Waals surface area contributed by atoms with Crippen LogP contribution in [0.5, 0.6) is 11.5 Å². The molecule has 1 saturated carbocycles. The second-order valence-corrected chi connectivity index (χ2v) is 9.09. The van der Waals surface area contributed by atoms with E-state index in [1.165, 1.54) is 19.3 Å². The van der Waals surface area contributed by atoms with E-state index in [-0.39, 0.29) is 49.8 Å². The smallest absolute Gasteiger partial charge is 0.325 e. The summed E-state index contributed by atoms with van der Waals surface area (Å²) in [6.45, 7) is 8.10. The Labute approximate surface area is 253 Å². The summed E-state index contributed by atoms with van der Waals surface area (Å²) < 4.78 is 16.7. The number of anilines is 1. The Balaban J connectivity index is 0.00000134. The molecular weight excluding hydrogens is 710 g/mol. The van der Waals surface area contributed by atoms with Crippen LogP contribution >= 0.6 is 0 Å². The van der Waals surface area contributed by atoms with Crippen molar-refractivity contribution in [3.05, 3.63) is 42.2 Å². The molecule has 1 aromatic carbocycles. The quantitative estimate of drug-likeness (QED) is 0.169. The predicted octanol–water partition coefficient (Wildman–Crippen LogP) is 5.39. The fraction of sp³-hybridized carbons (Fsp3) is 0.621. The van der Waals surface area contributed by atoms with Crippen LogP contribution in [-0.2, 0) is 4.74 Å². The first-order valence-corrected chi connectivity index (χ1v) is 13.2. The largest absolute Gasteiger partial charge is 0.502 e. The van der Waals surface area contributed by atoms with Gasteiger partial charge in [-0.3, -0.25) is 4.90 Å². The summed E-state index contributed by atoms with van der Waals surface area (Å²) in [5.41, 5.74) is 0.845. The van der Waals surface area contributed by atoms with E-state index >= 15 is 0 Å². The van der Waals surface area contributed by atoms with E-state index in [9.17, 15) is 4.79 Å². The number of hydrogen-bond acceptors (Lipinski definition) is 6. The van der Waals surface area contributed by atoms with E-state index in [2.05, 4.69) is 6.92 Å². The van der Waals surface area contributed by atoms with Gasteiger partial charge in [0.15, 0.2) is 11.5 Å². The molecule has 9 heteroatoms. The van der Waals surface area contributed by atoms with Gasteiger partial charge in [0.2, 0.25) is 0 Å². The third-order valence-corrected chi connectivity index (χ3v) is 6.38. The molecule has 1 aromatic rings. The molecule has 38 heavy (non-hydrogen) atoms. The number of allylic oxidation sites excluding steroid dienone is 2. The summed E-state index contributed by atoms with van der Waals surface area (Å²) in [6, 6.07) is 5.94. The van der Waals surface area contributed by atoms with E-state index in [1.807, 2.05) is 60.1 Å². The molecule has 1 aliphatic heterocycles. The van der Waals surface area contributed by atoms with Gasteiger partial charge >= 0.3 is 6.03 Å². The van der Waals surface area contributed by atoms with Gasteiger partial charge in [0, 0.05) is 75.7 Å². The van der Waals surface area contributed by atoms with E-state index < -0.39 is 0 Å². The summed E-state index contributed by atoms with van der Waals surface area (Å²) in [5, 5.41) is 15.1. The summed E-state index contributed by atoms with van der Waals surface area (Å²) in [7, 11) is 4.29. The van der Waals surface area contributed by atoms with Gasteiger partial charge in [-0.05, 0) is 70.6 Å². The van der Waals surface area contributed by atoms with Crippen molar-refractivity contribution >= 4 is 11.7 Å². The van der Waals surface area contributed by atoms with Crippen molar-refractivity contribution in [1.82, 2.24) is 4.90 Å². The third kappa shape index (κ3) is 12.9. The van der Waals surface area contributed by atoms with Gasteiger partial charge in [-0.1, -0.05) is 25.0 Å². The van der Waals surface area contributed by atoms with Crippen LogP contribution < -0.4 is 14.4 Å². The number of nitrogens with zero attached hydrogens (tertiary/aromatic N) is 2. The molecule has 8 nitrogen and oxygen atoms in total. The standard InChI is InChI=1S/C23H34N2O4.C5H10O.CH4O.U/c1-17-11-13-25(23(26)24(17)14-12-18(2)27-3)20-9-10-21(28-4)22(16-20)29-15-5-6-19-7-8-19;1-2-3-4-5-6;1-2;/h9-10,12,16-17,19H,5-8,11,13-15H2,1-4H3;2-3,6H,4-5H2,1H3;2H,1H3;/b18-12-;3-2-;;. The minimum atomic E-state index is 0. The van der Waals surface area contributed by atoms with Crippen molar-refractivity contribution in [2.45, 2.75) is 65.3 Å². The average Bonchev–Trinajstić information content (AvgIpc) is 3.75. The molecule has 2 amide bonds. The number of aliphatic hydroxyl groups is 2. The van der Waals surface area contributed by atoms with Gasteiger partial charge in [0.05, 0.1) is 26.6 Å². The molecule has 1 saturated heterocycles. The van der Waals surface area contributed by atoms with E-state index in [0.29, 0.717) is 31.2 Å². The minimum absolute atomic E-state index is 0. The van der Waals surface area contributed by atoms with Crippen molar-refractivity contribution in [2.75, 3.05) is 52.5 Å². The number of carbonyl (C=O) groups is 1. The fourth-order valence-electron chi connectivity index (χ4n) is 3.87. The van der Waals surface area contributed by atoms with Gasteiger partial charge in [0.25, 0.3) is 0 Å². The number of carbonyl (C=O) groups excluding carboxylic acids is 1. The van der Waals surface area contributed by atoms with Crippen LogP contribution in [-0.4, -0.2) is 74.8 Å². The Hall–Kier alpha value is -1.66. The monoisotopic (exact) mass is 758 g/mol. The van der Waals surface area contributed by atoms with Crippen molar-refractivity contribution in [1.29, 1.82) is 0 Å². The number of hydrogen-bond donors (Lipinski definition) is 2. The minimum Gasteiger partial charge on any atom is -0.502 e. The van der Waals surface area contributed by atoms with Gasteiger partial charge < -0.3 is 29.3 Å². The topological polar surface area (TPSA) is 91.7 Å². The number of ether oxygens (including phenoxy) is 3. The maximum absolute atomic E-state index is 13.2. The Kier molecular flexibility index (Phi) is 20.3. The van der Waals surface area contributed by atoms with Crippen LogP contribution in [0.15, 0.2) is 42.2 Å². The van der Waals surface area contributed by atoms with Crippen LogP contribution in [0, 0.1) is 37.0 Å². The number of rotatable bonds is 12. The second kappa shape index (κ2) is 21.2. The number of urea groups is 1. The van der Waals surface area contributed by atoms with E-state index in [4.69, 9.17) is 24.4 Å². The molecule has 1 atom stereocenters. The first-order valence-electron chi connectivity index (χ1n) is 13.2. The fourth-order valence-corrected chi connectivity index (χ4v) is 3.87. The number of methoxy groups -OCH3 is 2. The Morgan fingerprint density at radius 3 is 2.42 bits per heavy atom. The summed E-state index contributed by atoms with van der Waals surface area (Å²) in [6.07, 6.45) is 12.5. The van der Waals surface area contributed by atoms with Gasteiger partial charge in [-0.25, -0.2) is 4.79 Å². The summed E-state index contributed by atoms with van der Waals surface area (Å²) in [5.74, 6) is 3.12. The van der Waals surface area contributed by atoms with Crippen LogP contribution in [0.4, 0.5) is 10.5 Å². The number of aliphatic hydroxyl groups excluding tert-OH is 2. The van der Waals surface area contributed by atoms with Gasteiger partial charge in [0.1, 0.15) is 0 Å². The van der Waals surface area contributed by atoms with Crippen LogP contribution in [0.3, 0.4) is 0 Å². The van der Waals surface area contributed by atoms with Crippen LogP contribution in [0.1, 0.15) is 59.3 Å². The van der Waals surface area contributed by atoms with E-state index in [0.717, 1.165) is 43.7 Å². The molecule has 2 N–H and O–H groups in total. The first kappa shape index (κ1) is 36.3. The average molecular weight is 759 g/mol. The van der Waals surface area contributed by atoms with Crippen LogP contribution in [0.25, 0.3) is 0 Å². The Bertz CT molecular complexity index is 844. The number of amides is 2. The van der Waals surface area contributed by atoms with Crippen molar-refractivity contribution in [3.63, 3.8) is 0 Å². The molecule has 0 spiro atoms. The third-order valence-electron chi connectivity index (χ3n) is 6.38. The molecule has 0 radical (unpaired) electrons. The molecule has 1 aliphatic carbocycles. The Morgan fingerprint density at radius 1 is 1.16 bits per heavy atom. The molecule has 0 bridgehead atoms. The molecular formula is C29H48N2O6U. The van der Waals surface area contributed by atoms with Crippen molar-refractivity contribution < 1.29 is 60.3 Å². The van der Waals surface area contributed by atoms with Crippen molar-refractivity contribution in [2.24, 2.45) is 5.92 Å². The molecule has 2 fully saturated rings. The Morgan fingerprint density at radius 2 is 1.87 bits per heavy atom. The van der Waals surface area contributed by atoms with Gasteiger partial charge in [-0.15, -0.1) is 0 Å². The molecule has 1 unspecified atom stereocenters. The van der Waals surface area contributed by atoms with E-state index in [1.54, 1.807) is 14.2 Å². The maximum atomic E-state index is 13.2. The summed E-state index contributed by atoms with van der Waals surface area (Å²) in [4.78, 5) is 16.9. The zero-order valence-corrected chi connectivity index (χ0v) is 28.3. The maximum Gasteiger partial charge on any atom is 0.325 e. The van der Waals surface area contributed by atoms with Gasteiger partial charge in [-0.2, -0.15) is 0 Å². The number of benzene rings is 1. The second-order valence-electron chi connectivity index (χ2n) is 9.09. The zero-order chi connectivity index (χ0) is 27.6. The molecule has 0 aromatic heterocycles. The molecule has 1 heterocycles. The normalized spacial score (nSPS) is 17.1. The van der Waals surface area contributed by atoms with Crippen molar-refractivity contribution in [3.8, 4) is 11.5 Å². The SMILES string of the molecule is C/C=C\CCO.CO.CO/C(C)=C\CN1C(=O)N(c2ccc(OC)c(OCCCC3CC3)c2)CCC1C.[U]. The summed E-state index contributed by atoms with van der Waals surface area (Å²) >= 11 is 0. The zero-order valence-electron chi connectivity index (χ0n) is 24.1. The molecule has 2 aliphatic rings. The first-order chi connectivity index (χ1) is 17.9. The predicted molar refractivity (Wildman–Crippen MR) is 149 cm³/mol. The molecule has 214 valence electrons. The molecule has 3 rings (SSSR count).